The quantitative estimate of drug-likeness (QED) is 0.539. The number of anilines is 1. The first-order chi connectivity index (χ1) is 9.34. The molecule has 0 saturated heterocycles. The Hall–Kier alpha value is -0.630. The molecule has 1 heterocycles. The molecule has 3 rings (SSSR count). The molecule has 1 aromatic carbocycles. The van der Waals surface area contributed by atoms with Crippen LogP contribution in [0.25, 0.3) is 0 Å². The first-order valence-electron chi connectivity index (χ1n) is 7.92. The highest BCUT2D eigenvalue weighted by molar-refractivity contribution is 7.80. The lowest BCUT2D eigenvalue weighted by Crippen LogP contribution is -2.28. The molecule has 104 valence electrons. The number of aryl methyl sites for hydroxylation is 1. The minimum absolute atomic E-state index is 0.674. The van der Waals surface area contributed by atoms with E-state index in [4.69, 9.17) is 0 Å². The molecule has 1 saturated carbocycles. The fourth-order valence-corrected chi connectivity index (χ4v) is 4.09. The lowest BCUT2D eigenvalue weighted by Gasteiger charge is -2.27. The lowest BCUT2D eigenvalue weighted by atomic mass is 9.89. The molecule has 1 N–H and O–H groups in total. The fourth-order valence-electron chi connectivity index (χ4n) is 3.80. The van der Waals surface area contributed by atoms with Gasteiger partial charge in [0.15, 0.2) is 0 Å². The van der Waals surface area contributed by atoms with Gasteiger partial charge in [-0.25, -0.2) is 0 Å². The Morgan fingerprint density at radius 2 is 1.74 bits per heavy atom. The highest BCUT2D eigenvalue weighted by Crippen LogP contribution is 2.35. The first-order valence-corrected chi connectivity index (χ1v) is 8.37. The van der Waals surface area contributed by atoms with Crippen LogP contribution in [-0.4, -0.2) is 6.04 Å². The van der Waals surface area contributed by atoms with Gasteiger partial charge in [-0.15, -0.1) is 12.6 Å². The number of thiol groups is 1. The molecule has 0 spiro atoms. The van der Waals surface area contributed by atoms with E-state index in [1.165, 1.54) is 69.0 Å². The van der Waals surface area contributed by atoms with E-state index in [-0.39, 0.29) is 0 Å². The van der Waals surface area contributed by atoms with Crippen LogP contribution in [0.1, 0.15) is 56.9 Å². The van der Waals surface area contributed by atoms with Gasteiger partial charge in [0.25, 0.3) is 0 Å². The molecule has 0 amide bonds. The zero-order chi connectivity index (χ0) is 13.1. The molecule has 1 atom stereocenters. The van der Waals surface area contributed by atoms with E-state index in [0.717, 1.165) is 10.8 Å². The van der Waals surface area contributed by atoms with Crippen molar-refractivity contribution in [3.05, 3.63) is 23.8 Å². The Labute approximate surface area is 122 Å². The summed E-state index contributed by atoms with van der Waals surface area (Å²) in [5, 5.41) is 3.85. The molecular weight excluding hydrogens is 250 g/mol. The Morgan fingerprint density at radius 3 is 2.53 bits per heavy atom. The summed E-state index contributed by atoms with van der Waals surface area (Å²) in [7, 11) is 0. The van der Waals surface area contributed by atoms with E-state index in [1.54, 1.807) is 0 Å². The second-order valence-corrected chi connectivity index (χ2v) is 6.69. The van der Waals surface area contributed by atoms with Gasteiger partial charge in [0, 0.05) is 10.9 Å². The third kappa shape index (κ3) is 3.10. The Bertz CT molecular complexity index is 421. The van der Waals surface area contributed by atoms with Crippen LogP contribution in [0.15, 0.2) is 23.1 Å². The topological polar surface area (TPSA) is 12.0 Å². The summed E-state index contributed by atoms with van der Waals surface area (Å²) in [6.07, 6.45) is 12.4. The summed E-state index contributed by atoms with van der Waals surface area (Å²) < 4.78 is 0. The largest absolute Gasteiger partial charge is 0.381 e. The first kappa shape index (κ1) is 13.4. The van der Waals surface area contributed by atoms with Gasteiger partial charge in [0.2, 0.25) is 0 Å². The van der Waals surface area contributed by atoms with Crippen LogP contribution in [0.5, 0.6) is 0 Å². The molecule has 0 aromatic heterocycles. The average Bonchev–Trinajstić information content (AvgIpc) is 2.79. The monoisotopic (exact) mass is 275 g/mol. The van der Waals surface area contributed by atoms with Gasteiger partial charge in [-0.1, -0.05) is 37.8 Å². The van der Waals surface area contributed by atoms with Crippen molar-refractivity contribution in [2.75, 3.05) is 5.32 Å². The van der Waals surface area contributed by atoms with E-state index >= 15 is 0 Å². The molecule has 1 unspecified atom stereocenters. The van der Waals surface area contributed by atoms with Crippen LogP contribution < -0.4 is 5.32 Å². The van der Waals surface area contributed by atoms with Crippen LogP contribution in [0.3, 0.4) is 0 Å². The van der Waals surface area contributed by atoms with Crippen LogP contribution in [0.2, 0.25) is 0 Å². The van der Waals surface area contributed by atoms with Crippen molar-refractivity contribution >= 4 is 18.3 Å². The molecule has 1 aliphatic carbocycles. The summed E-state index contributed by atoms with van der Waals surface area (Å²) in [5.41, 5.74) is 2.78. The smallest absolute Gasteiger partial charge is 0.0510 e. The van der Waals surface area contributed by atoms with E-state index in [1.807, 2.05) is 0 Å². The molecule has 1 fully saturated rings. The molecule has 0 radical (unpaired) electrons. The van der Waals surface area contributed by atoms with E-state index in [2.05, 4.69) is 36.1 Å². The van der Waals surface area contributed by atoms with E-state index in [0.29, 0.717) is 6.04 Å². The summed E-state index contributed by atoms with van der Waals surface area (Å²) >= 11 is 4.65. The second kappa shape index (κ2) is 6.21. The molecule has 1 aliphatic heterocycles. The van der Waals surface area contributed by atoms with Crippen molar-refractivity contribution < 1.29 is 0 Å². The SMILES string of the molecule is Sc1cccc2c1NC(C1CCCCCC1)CCC2. The van der Waals surface area contributed by atoms with Crippen molar-refractivity contribution in [1.82, 2.24) is 0 Å². The van der Waals surface area contributed by atoms with Crippen LogP contribution in [0.4, 0.5) is 5.69 Å². The van der Waals surface area contributed by atoms with Crippen LogP contribution in [-0.2, 0) is 6.42 Å². The highest BCUT2D eigenvalue weighted by atomic mass is 32.1. The molecule has 19 heavy (non-hydrogen) atoms. The van der Waals surface area contributed by atoms with Gasteiger partial charge < -0.3 is 5.32 Å². The van der Waals surface area contributed by atoms with Crippen molar-refractivity contribution in [2.45, 2.75) is 68.7 Å². The minimum Gasteiger partial charge on any atom is -0.381 e. The predicted octanol–water partition coefficient (Wildman–Crippen LogP) is 5.06. The molecule has 2 heteroatoms. The number of fused-ring (bicyclic) bond motifs is 1. The average molecular weight is 275 g/mol. The van der Waals surface area contributed by atoms with Gasteiger partial charge in [-0.3, -0.25) is 0 Å². The van der Waals surface area contributed by atoms with Gasteiger partial charge in [0.1, 0.15) is 0 Å². The number of hydrogen-bond acceptors (Lipinski definition) is 2. The molecule has 1 aromatic rings. The maximum Gasteiger partial charge on any atom is 0.0510 e. The second-order valence-electron chi connectivity index (χ2n) is 6.21. The Kier molecular flexibility index (Phi) is 4.37. The lowest BCUT2D eigenvalue weighted by molar-refractivity contribution is 0.376. The van der Waals surface area contributed by atoms with Crippen LogP contribution in [0, 0.1) is 5.92 Å². The standard InChI is InChI=1S/C17H25NS/c19-16-12-6-10-14-9-5-11-15(18-17(14)16)13-7-3-1-2-4-8-13/h6,10,12-13,15,18-19H,1-5,7-9,11H2. The van der Waals surface area contributed by atoms with Crippen molar-refractivity contribution in [2.24, 2.45) is 5.92 Å². The minimum atomic E-state index is 0.674. The predicted molar refractivity (Wildman–Crippen MR) is 85.2 cm³/mol. The van der Waals surface area contributed by atoms with Gasteiger partial charge >= 0.3 is 0 Å². The third-order valence-corrected chi connectivity index (χ3v) is 5.26. The fraction of sp³-hybridized carbons (Fsp3) is 0.647. The number of nitrogens with one attached hydrogen (secondary N) is 1. The number of para-hydroxylation sites is 1. The van der Waals surface area contributed by atoms with Crippen molar-refractivity contribution in [3.8, 4) is 0 Å². The van der Waals surface area contributed by atoms with Crippen LogP contribution >= 0.6 is 12.6 Å². The number of rotatable bonds is 1. The molecular formula is C17H25NS. The Morgan fingerprint density at radius 1 is 0.947 bits per heavy atom. The number of benzene rings is 1. The summed E-state index contributed by atoms with van der Waals surface area (Å²) in [6, 6.07) is 7.18. The summed E-state index contributed by atoms with van der Waals surface area (Å²) in [6.45, 7) is 0. The van der Waals surface area contributed by atoms with Gasteiger partial charge in [-0.05, 0) is 49.7 Å². The Balaban J connectivity index is 1.79. The normalized spacial score (nSPS) is 25.0. The van der Waals surface area contributed by atoms with E-state index < -0.39 is 0 Å². The van der Waals surface area contributed by atoms with Gasteiger partial charge in [-0.2, -0.15) is 0 Å². The maximum atomic E-state index is 4.65. The number of hydrogen-bond donors (Lipinski definition) is 2. The van der Waals surface area contributed by atoms with E-state index in [9.17, 15) is 0 Å². The van der Waals surface area contributed by atoms with Gasteiger partial charge in [0.05, 0.1) is 5.69 Å². The van der Waals surface area contributed by atoms with Crippen molar-refractivity contribution in [3.63, 3.8) is 0 Å². The third-order valence-electron chi connectivity index (χ3n) is 4.89. The highest BCUT2D eigenvalue weighted by Gasteiger charge is 2.25. The molecule has 0 bridgehead atoms. The zero-order valence-corrected chi connectivity index (χ0v) is 12.6. The maximum absolute atomic E-state index is 4.65. The zero-order valence-electron chi connectivity index (χ0n) is 11.7. The molecule has 2 aliphatic rings. The molecule has 1 nitrogen and oxygen atoms in total. The summed E-state index contributed by atoms with van der Waals surface area (Å²) in [4.78, 5) is 1.12. The summed E-state index contributed by atoms with van der Waals surface area (Å²) in [5.74, 6) is 0.876. The van der Waals surface area contributed by atoms with Crippen molar-refractivity contribution in [1.29, 1.82) is 0 Å².